The number of imidazole rings is 1. The number of aromatic nitrogens is 2. The highest BCUT2D eigenvalue weighted by Gasteiger charge is 2.26. The first kappa shape index (κ1) is 15.5. The van der Waals surface area contributed by atoms with E-state index in [0.29, 0.717) is 19.6 Å². The number of hydrogen-bond donors (Lipinski definition) is 1. The number of aromatic amines is 1. The lowest BCUT2D eigenvalue weighted by Crippen LogP contribution is -2.51. The molecule has 1 fully saturated rings. The fraction of sp³-hybridized carbons (Fsp3) is 0.438. The Morgan fingerprint density at radius 1 is 1.39 bits per heavy atom. The largest absolute Gasteiger partial charge is 0.468 e. The van der Waals surface area contributed by atoms with Crippen molar-refractivity contribution >= 4 is 22.9 Å². The van der Waals surface area contributed by atoms with Crippen LogP contribution in [0.1, 0.15) is 11.4 Å². The SMILES string of the molecule is COC(=O)CN1CCN(Cc2nc3ccc(C)cc3[nH]2)CC1=O. The number of aryl methyl sites for hydroxylation is 1. The van der Waals surface area contributed by atoms with Crippen molar-refractivity contribution in [3.05, 3.63) is 29.6 Å². The monoisotopic (exact) mass is 316 g/mol. The molecule has 122 valence electrons. The van der Waals surface area contributed by atoms with E-state index in [4.69, 9.17) is 0 Å². The number of fused-ring (bicyclic) bond motifs is 1. The second kappa shape index (κ2) is 6.37. The van der Waals surface area contributed by atoms with Crippen molar-refractivity contribution in [3.8, 4) is 0 Å². The van der Waals surface area contributed by atoms with Gasteiger partial charge in [-0.15, -0.1) is 0 Å². The Balaban J connectivity index is 1.62. The van der Waals surface area contributed by atoms with Gasteiger partial charge in [-0.3, -0.25) is 14.5 Å². The summed E-state index contributed by atoms with van der Waals surface area (Å²) in [5.74, 6) is 0.396. The number of carbonyl (C=O) groups excluding carboxylic acids is 2. The summed E-state index contributed by atoms with van der Waals surface area (Å²) in [5.41, 5.74) is 3.12. The number of rotatable bonds is 4. The van der Waals surface area contributed by atoms with E-state index in [9.17, 15) is 9.59 Å². The van der Waals surface area contributed by atoms with Crippen LogP contribution in [0.4, 0.5) is 0 Å². The molecule has 1 aromatic heterocycles. The van der Waals surface area contributed by atoms with E-state index in [1.54, 1.807) is 0 Å². The van der Waals surface area contributed by atoms with Gasteiger partial charge in [-0.1, -0.05) is 6.07 Å². The molecule has 2 aromatic rings. The van der Waals surface area contributed by atoms with Gasteiger partial charge in [-0.05, 0) is 24.6 Å². The number of carbonyl (C=O) groups is 2. The molecule has 0 radical (unpaired) electrons. The van der Waals surface area contributed by atoms with E-state index in [2.05, 4.69) is 20.8 Å². The number of ether oxygens (including phenoxy) is 1. The molecule has 7 heteroatoms. The van der Waals surface area contributed by atoms with Gasteiger partial charge in [0.15, 0.2) is 0 Å². The second-order valence-electron chi connectivity index (χ2n) is 5.81. The van der Waals surface area contributed by atoms with Crippen molar-refractivity contribution in [1.82, 2.24) is 19.8 Å². The molecule has 1 N–H and O–H groups in total. The van der Waals surface area contributed by atoms with Crippen LogP contribution in [-0.4, -0.2) is 64.9 Å². The lowest BCUT2D eigenvalue weighted by atomic mass is 10.2. The number of nitrogens with one attached hydrogen (secondary N) is 1. The van der Waals surface area contributed by atoms with Crippen LogP contribution < -0.4 is 0 Å². The highest BCUT2D eigenvalue weighted by molar-refractivity contribution is 5.84. The first-order valence-corrected chi connectivity index (χ1v) is 7.57. The number of benzene rings is 1. The van der Waals surface area contributed by atoms with Gasteiger partial charge in [0.05, 0.1) is 31.2 Å². The lowest BCUT2D eigenvalue weighted by molar-refractivity contribution is -0.149. The summed E-state index contributed by atoms with van der Waals surface area (Å²) in [5, 5.41) is 0. The molecule has 0 atom stereocenters. The third kappa shape index (κ3) is 3.50. The van der Waals surface area contributed by atoms with Crippen LogP contribution in [0.2, 0.25) is 0 Å². The number of H-pyrrole nitrogens is 1. The maximum absolute atomic E-state index is 12.1. The highest BCUT2D eigenvalue weighted by Crippen LogP contribution is 2.15. The molecule has 1 aliphatic heterocycles. The van der Waals surface area contributed by atoms with E-state index in [1.807, 2.05) is 24.0 Å². The Kier molecular flexibility index (Phi) is 4.29. The van der Waals surface area contributed by atoms with E-state index in [0.717, 1.165) is 16.9 Å². The zero-order chi connectivity index (χ0) is 16.4. The van der Waals surface area contributed by atoms with Gasteiger partial charge in [0.1, 0.15) is 12.4 Å². The maximum Gasteiger partial charge on any atom is 0.325 e. The van der Waals surface area contributed by atoms with E-state index >= 15 is 0 Å². The lowest BCUT2D eigenvalue weighted by Gasteiger charge is -2.33. The first-order valence-electron chi connectivity index (χ1n) is 7.57. The van der Waals surface area contributed by atoms with Gasteiger partial charge in [0.25, 0.3) is 0 Å². The highest BCUT2D eigenvalue weighted by atomic mass is 16.5. The molecule has 0 aliphatic carbocycles. The second-order valence-corrected chi connectivity index (χ2v) is 5.81. The van der Waals surface area contributed by atoms with Crippen molar-refractivity contribution in [3.63, 3.8) is 0 Å². The van der Waals surface area contributed by atoms with Crippen molar-refractivity contribution in [2.45, 2.75) is 13.5 Å². The maximum atomic E-state index is 12.1. The van der Waals surface area contributed by atoms with Crippen LogP contribution >= 0.6 is 0 Å². The quantitative estimate of drug-likeness (QED) is 0.840. The average molecular weight is 316 g/mol. The van der Waals surface area contributed by atoms with Crippen molar-refractivity contribution < 1.29 is 14.3 Å². The summed E-state index contributed by atoms with van der Waals surface area (Å²) >= 11 is 0. The predicted molar refractivity (Wildman–Crippen MR) is 84.7 cm³/mol. The van der Waals surface area contributed by atoms with Crippen LogP contribution in [0.15, 0.2) is 18.2 Å². The fourth-order valence-corrected chi connectivity index (χ4v) is 2.74. The molecule has 0 saturated carbocycles. The summed E-state index contributed by atoms with van der Waals surface area (Å²) in [6.45, 7) is 4.16. The number of methoxy groups -OCH3 is 1. The molecule has 1 amide bonds. The van der Waals surface area contributed by atoms with Crippen LogP contribution in [0.3, 0.4) is 0 Å². The Hall–Kier alpha value is -2.41. The molecule has 0 bridgehead atoms. The minimum absolute atomic E-state index is 0.0209. The van der Waals surface area contributed by atoms with Gasteiger partial charge in [0, 0.05) is 13.1 Å². The molecule has 0 spiro atoms. The van der Waals surface area contributed by atoms with Crippen LogP contribution in [0, 0.1) is 6.92 Å². The fourth-order valence-electron chi connectivity index (χ4n) is 2.74. The van der Waals surface area contributed by atoms with Crippen LogP contribution in [0.5, 0.6) is 0 Å². The predicted octanol–water partition coefficient (Wildman–Crippen LogP) is 0.689. The molecular weight excluding hydrogens is 296 g/mol. The molecule has 2 heterocycles. The minimum Gasteiger partial charge on any atom is -0.468 e. The average Bonchev–Trinajstić information content (AvgIpc) is 2.91. The third-order valence-corrected chi connectivity index (χ3v) is 4.01. The third-order valence-electron chi connectivity index (χ3n) is 4.01. The number of piperazine rings is 1. The number of esters is 1. The minimum atomic E-state index is -0.389. The Labute approximate surface area is 134 Å². The molecule has 7 nitrogen and oxygen atoms in total. The smallest absolute Gasteiger partial charge is 0.325 e. The summed E-state index contributed by atoms with van der Waals surface area (Å²) in [6.07, 6.45) is 0. The topological polar surface area (TPSA) is 78.5 Å². The molecule has 23 heavy (non-hydrogen) atoms. The summed E-state index contributed by atoms with van der Waals surface area (Å²) < 4.78 is 4.61. The van der Waals surface area contributed by atoms with Crippen molar-refractivity contribution in [2.75, 3.05) is 33.3 Å². The molecule has 3 rings (SSSR count). The standard InChI is InChI=1S/C16H20N4O3/c1-11-3-4-12-13(7-11)18-14(17-12)8-19-5-6-20(15(21)9-19)10-16(22)23-2/h3-4,7H,5-6,8-10H2,1-2H3,(H,17,18). The van der Waals surface area contributed by atoms with Crippen LogP contribution in [-0.2, 0) is 20.9 Å². The Bertz CT molecular complexity index is 740. The molecular formula is C16H20N4O3. The van der Waals surface area contributed by atoms with Crippen molar-refractivity contribution in [2.24, 2.45) is 0 Å². The molecule has 1 aliphatic rings. The zero-order valence-corrected chi connectivity index (χ0v) is 13.3. The Morgan fingerprint density at radius 3 is 2.96 bits per heavy atom. The number of hydrogen-bond acceptors (Lipinski definition) is 5. The van der Waals surface area contributed by atoms with Crippen LogP contribution in [0.25, 0.3) is 11.0 Å². The number of amides is 1. The summed E-state index contributed by atoms with van der Waals surface area (Å²) in [7, 11) is 1.33. The van der Waals surface area contributed by atoms with Gasteiger partial charge in [-0.25, -0.2) is 4.98 Å². The molecule has 1 aromatic carbocycles. The first-order chi connectivity index (χ1) is 11.0. The summed E-state index contributed by atoms with van der Waals surface area (Å²) in [4.78, 5) is 34.8. The summed E-state index contributed by atoms with van der Waals surface area (Å²) in [6, 6.07) is 6.08. The van der Waals surface area contributed by atoms with Gasteiger partial charge < -0.3 is 14.6 Å². The number of nitrogens with zero attached hydrogens (tertiary/aromatic N) is 3. The van der Waals surface area contributed by atoms with E-state index in [-0.39, 0.29) is 25.0 Å². The van der Waals surface area contributed by atoms with Gasteiger partial charge in [0.2, 0.25) is 5.91 Å². The normalized spacial score (nSPS) is 16.1. The van der Waals surface area contributed by atoms with Crippen molar-refractivity contribution in [1.29, 1.82) is 0 Å². The molecule has 0 unspecified atom stereocenters. The van der Waals surface area contributed by atoms with E-state index < -0.39 is 0 Å². The van der Waals surface area contributed by atoms with Gasteiger partial charge in [-0.2, -0.15) is 0 Å². The molecule has 1 saturated heterocycles. The Morgan fingerprint density at radius 2 is 2.22 bits per heavy atom. The van der Waals surface area contributed by atoms with Gasteiger partial charge >= 0.3 is 5.97 Å². The zero-order valence-electron chi connectivity index (χ0n) is 13.3. The van der Waals surface area contributed by atoms with E-state index in [1.165, 1.54) is 17.6 Å².